The Morgan fingerprint density at radius 3 is 2.58 bits per heavy atom. The molecule has 8 heteroatoms. The molecule has 2 aromatic rings. The van der Waals surface area contributed by atoms with E-state index < -0.39 is 0 Å². The number of para-hydroxylation sites is 1. The molecule has 0 amide bonds. The highest BCUT2D eigenvalue weighted by atomic mass is 127. The summed E-state index contributed by atoms with van der Waals surface area (Å²) in [6.07, 6.45) is 3.88. The van der Waals surface area contributed by atoms with E-state index in [1.54, 1.807) is 13.1 Å². The molecule has 0 atom stereocenters. The van der Waals surface area contributed by atoms with Gasteiger partial charge < -0.3 is 15.1 Å². The van der Waals surface area contributed by atoms with E-state index in [-0.39, 0.29) is 29.8 Å². The van der Waals surface area contributed by atoms with Gasteiger partial charge in [-0.25, -0.2) is 4.39 Å². The third-order valence-corrected chi connectivity index (χ3v) is 4.37. The standard InChI is InChI=1S/C18H25FN6.HI/c1-15-13-22-25(14-15)8-7-21-18(20-2)24-11-9-23(10-12-24)17-6-4-3-5-16(17)19;/h3-6,13-14H,7-12H2,1-2H3,(H,20,21);1H. The van der Waals surface area contributed by atoms with E-state index in [1.807, 2.05) is 36.1 Å². The molecule has 1 N–H and O–H groups in total. The van der Waals surface area contributed by atoms with Crippen LogP contribution in [0.25, 0.3) is 0 Å². The lowest BCUT2D eigenvalue weighted by Gasteiger charge is -2.37. The van der Waals surface area contributed by atoms with Crippen molar-refractivity contribution in [3.63, 3.8) is 0 Å². The summed E-state index contributed by atoms with van der Waals surface area (Å²) in [5.41, 5.74) is 1.84. The van der Waals surface area contributed by atoms with Crippen molar-refractivity contribution in [3.05, 3.63) is 48.0 Å². The quantitative estimate of drug-likeness (QED) is 0.422. The number of nitrogens with one attached hydrogen (secondary N) is 1. The molecule has 0 saturated carbocycles. The molecule has 0 bridgehead atoms. The van der Waals surface area contributed by atoms with Crippen LogP contribution < -0.4 is 10.2 Å². The number of anilines is 1. The predicted molar refractivity (Wildman–Crippen MR) is 114 cm³/mol. The van der Waals surface area contributed by atoms with Crippen molar-refractivity contribution in [3.8, 4) is 0 Å². The summed E-state index contributed by atoms with van der Waals surface area (Å²) in [6.45, 7) is 6.78. The van der Waals surface area contributed by atoms with Crippen LogP contribution in [0.1, 0.15) is 5.56 Å². The fraction of sp³-hybridized carbons (Fsp3) is 0.444. The topological polar surface area (TPSA) is 48.7 Å². The molecule has 1 saturated heterocycles. The van der Waals surface area contributed by atoms with Gasteiger partial charge >= 0.3 is 0 Å². The van der Waals surface area contributed by atoms with E-state index in [9.17, 15) is 4.39 Å². The molecular weight excluding hydrogens is 446 g/mol. The Morgan fingerprint density at radius 1 is 1.23 bits per heavy atom. The van der Waals surface area contributed by atoms with Gasteiger partial charge in [-0.05, 0) is 24.6 Å². The first kappa shape index (κ1) is 20.5. The van der Waals surface area contributed by atoms with Crippen molar-refractivity contribution < 1.29 is 4.39 Å². The van der Waals surface area contributed by atoms with Crippen LogP contribution >= 0.6 is 24.0 Å². The van der Waals surface area contributed by atoms with Gasteiger partial charge in [0.15, 0.2) is 5.96 Å². The third kappa shape index (κ3) is 5.09. The molecule has 6 nitrogen and oxygen atoms in total. The maximum absolute atomic E-state index is 13.9. The van der Waals surface area contributed by atoms with Gasteiger partial charge in [0, 0.05) is 46.0 Å². The lowest BCUT2D eigenvalue weighted by molar-refractivity contribution is 0.369. The highest BCUT2D eigenvalue weighted by molar-refractivity contribution is 14.0. The van der Waals surface area contributed by atoms with E-state index in [1.165, 1.54) is 6.07 Å². The normalized spacial score (nSPS) is 15.0. The first-order valence-electron chi connectivity index (χ1n) is 8.61. The monoisotopic (exact) mass is 472 g/mol. The highest BCUT2D eigenvalue weighted by Gasteiger charge is 2.21. The number of hydrogen-bond donors (Lipinski definition) is 1. The first-order chi connectivity index (χ1) is 12.2. The molecule has 1 aromatic carbocycles. The maximum atomic E-state index is 13.9. The molecule has 0 unspecified atom stereocenters. The second-order valence-electron chi connectivity index (χ2n) is 6.18. The molecule has 0 radical (unpaired) electrons. The van der Waals surface area contributed by atoms with Crippen LogP contribution in [0, 0.1) is 12.7 Å². The zero-order valence-electron chi connectivity index (χ0n) is 15.2. The lowest BCUT2D eigenvalue weighted by atomic mass is 10.2. The Labute approximate surface area is 171 Å². The number of halogens is 2. The van der Waals surface area contributed by atoms with Crippen LogP contribution in [0.3, 0.4) is 0 Å². The fourth-order valence-electron chi connectivity index (χ4n) is 3.07. The second-order valence-corrected chi connectivity index (χ2v) is 6.18. The zero-order chi connectivity index (χ0) is 17.6. The molecule has 1 aliphatic heterocycles. The summed E-state index contributed by atoms with van der Waals surface area (Å²) >= 11 is 0. The lowest BCUT2D eigenvalue weighted by Crippen LogP contribution is -2.53. The second kappa shape index (κ2) is 9.75. The molecular formula is C18H26FIN6. The summed E-state index contributed by atoms with van der Waals surface area (Å²) in [7, 11) is 1.80. The van der Waals surface area contributed by atoms with Gasteiger partial charge in [-0.3, -0.25) is 9.67 Å². The molecule has 26 heavy (non-hydrogen) atoms. The Hall–Kier alpha value is -1.84. The average molecular weight is 472 g/mol. The summed E-state index contributed by atoms with van der Waals surface area (Å²) < 4.78 is 15.8. The summed E-state index contributed by atoms with van der Waals surface area (Å²) in [5, 5.41) is 7.67. The van der Waals surface area contributed by atoms with Gasteiger partial charge in [0.2, 0.25) is 0 Å². The third-order valence-electron chi connectivity index (χ3n) is 4.37. The predicted octanol–water partition coefficient (Wildman–Crippen LogP) is 2.35. The van der Waals surface area contributed by atoms with E-state index in [0.29, 0.717) is 5.69 Å². The van der Waals surface area contributed by atoms with Crippen molar-refractivity contribution in [1.82, 2.24) is 20.0 Å². The molecule has 3 rings (SSSR count). The van der Waals surface area contributed by atoms with Gasteiger partial charge in [0.05, 0.1) is 18.4 Å². The maximum Gasteiger partial charge on any atom is 0.193 e. The zero-order valence-corrected chi connectivity index (χ0v) is 17.6. The Kier molecular flexibility index (Phi) is 7.67. The number of guanidine groups is 1. The minimum absolute atomic E-state index is 0. The van der Waals surface area contributed by atoms with Crippen molar-refractivity contribution in [2.45, 2.75) is 13.5 Å². The Balaban J connectivity index is 0.00000243. The molecule has 2 heterocycles. The van der Waals surface area contributed by atoms with Gasteiger partial charge in [0.25, 0.3) is 0 Å². The van der Waals surface area contributed by atoms with Crippen LogP contribution in [-0.2, 0) is 6.54 Å². The van der Waals surface area contributed by atoms with E-state index in [0.717, 1.165) is 50.8 Å². The summed E-state index contributed by atoms with van der Waals surface area (Å²) in [4.78, 5) is 8.68. The molecule has 1 aromatic heterocycles. The number of rotatable bonds is 4. The Morgan fingerprint density at radius 2 is 1.96 bits per heavy atom. The number of hydrogen-bond acceptors (Lipinski definition) is 3. The smallest absolute Gasteiger partial charge is 0.193 e. The SMILES string of the molecule is CN=C(NCCn1cc(C)cn1)N1CCN(c2ccccc2F)CC1.I. The first-order valence-corrected chi connectivity index (χ1v) is 8.61. The molecule has 0 spiro atoms. The van der Waals surface area contributed by atoms with Crippen LogP contribution in [0.2, 0.25) is 0 Å². The van der Waals surface area contributed by atoms with Crippen LogP contribution in [0.15, 0.2) is 41.7 Å². The number of benzene rings is 1. The van der Waals surface area contributed by atoms with Crippen molar-refractivity contribution in [2.24, 2.45) is 4.99 Å². The van der Waals surface area contributed by atoms with Gasteiger partial charge in [-0.15, -0.1) is 24.0 Å². The van der Waals surface area contributed by atoms with Gasteiger partial charge in [-0.1, -0.05) is 12.1 Å². The number of piperazine rings is 1. The van der Waals surface area contributed by atoms with E-state index in [4.69, 9.17) is 0 Å². The molecule has 1 fully saturated rings. The molecule has 0 aliphatic carbocycles. The average Bonchev–Trinajstić information content (AvgIpc) is 3.05. The number of nitrogens with zero attached hydrogens (tertiary/aromatic N) is 5. The van der Waals surface area contributed by atoms with Crippen molar-refractivity contribution in [1.29, 1.82) is 0 Å². The van der Waals surface area contributed by atoms with Crippen molar-refractivity contribution in [2.75, 3.05) is 44.7 Å². The minimum atomic E-state index is -0.159. The largest absolute Gasteiger partial charge is 0.366 e. The fourth-order valence-corrected chi connectivity index (χ4v) is 3.07. The van der Waals surface area contributed by atoms with Crippen LogP contribution in [0.5, 0.6) is 0 Å². The van der Waals surface area contributed by atoms with Crippen molar-refractivity contribution >= 4 is 35.6 Å². The number of aliphatic imine (C=N–C) groups is 1. The Bertz CT molecular complexity index is 724. The molecule has 142 valence electrons. The molecule has 1 aliphatic rings. The van der Waals surface area contributed by atoms with E-state index in [2.05, 4.69) is 25.2 Å². The minimum Gasteiger partial charge on any atom is -0.366 e. The van der Waals surface area contributed by atoms with E-state index >= 15 is 0 Å². The number of aryl methyl sites for hydroxylation is 1. The van der Waals surface area contributed by atoms with Gasteiger partial charge in [-0.2, -0.15) is 5.10 Å². The number of aromatic nitrogens is 2. The van der Waals surface area contributed by atoms with Gasteiger partial charge in [0.1, 0.15) is 5.82 Å². The van der Waals surface area contributed by atoms with Crippen LogP contribution in [-0.4, -0.2) is 60.4 Å². The van der Waals surface area contributed by atoms with Crippen LogP contribution in [0.4, 0.5) is 10.1 Å². The highest BCUT2D eigenvalue weighted by Crippen LogP contribution is 2.20. The summed E-state index contributed by atoms with van der Waals surface area (Å²) in [5.74, 6) is 0.727. The summed E-state index contributed by atoms with van der Waals surface area (Å²) in [6, 6.07) is 6.95.